The van der Waals surface area contributed by atoms with Gasteiger partial charge in [-0.15, -0.1) is 0 Å². The van der Waals surface area contributed by atoms with Gasteiger partial charge in [-0.3, -0.25) is 0 Å². The Hall–Kier alpha value is -2.20. The van der Waals surface area contributed by atoms with Crippen molar-refractivity contribution in [3.63, 3.8) is 0 Å². The first-order valence-corrected chi connectivity index (χ1v) is 6.63. The molecule has 0 aromatic heterocycles. The topological polar surface area (TPSA) is 53.7 Å². The van der Waals surface area contributed by atoms with Crippen LogP contribution >= 0.6 is 0 Å². The van der Waals surface area contributed by atoms with Gasteiger partial charge in [-0.1, -0.05) is 12.1 Å². The molecule has 2 aromatic rings. The van der Waals surface area contributed by atoms with Crippen molar-refractivity contribution in [1.29, 1.82) is 0 Å². The first-order chi connectivity index (χ1) is 9.70. The summed E-state index contributed by atoms with van der Waals surface area (Å²) in [6.07, 6.45) is 0.865. The molecule has 0 bridgehead atoms. The summed E-state index contributed by atoms with van der Waals surface area (Å²) in [7, 11) is 0. The molecule has 0 amide bonds. The molecule has 104 valence electrons. The van der Waals surface area contributed by atoms with Crippen LogP contribution in [0.5, 0.6) is 23.0 Å². The van der Waals surface area contributed by atoms with E-state index in [1.807, 2.05) is 49.4 Å². The predicted molar refractivity (Wildman–Crippen MR) is 76.4 cm³/mol. The van der Waals surface area contributed by atoms with Crippen LogP contribution in [0.4, 0.5) is 0 Å². The van der Waals surface area contributed by atoms with Crippen LogP contribution < -0.4 is 19.9 Å². The highest BCUT2D eigenvalue weighted by Crippen LogP contribution is 2.36. The molecule has 1 aliphatic rings. The van der Waals surface area contributed by atoms with Crippen molar-refractivity contribution < 1.29 is 14.2 Å². The second-order valence-corrected chi connectivity index (χ2v) is 4.94. The van der Waals surface area contributed by atoms with Gasteiger partial charge in [0.05, 0.1) is 0 Å². The zero-order valence-electron chi connectivity index (χ0n) is 11.3. The van der Waals surface area contributed by atoms with E-state index in [1.54, 1.807) is 0 Å². The highest BCUT2D eigenvalue weighted by Gasteiger charge is 2.13. The average Bonchev–Trinajstić information content (AvgIpc) is 2.88. The molecule has 0 saturated carbocycles. The van der Waals surface area contributed by atoms with Gasteiger partial charge in [0, 0.05) is 12.1 Å². The van der Waals surface area contributed by atoms with Crippen LogP contribution in [-0.2, 0) is 6.42 Å². The molecule has 0 spiro atoms. The van der Waals surface area contributed by atoms with Crippen LogP contribution in [0.2, 0.25) is 0 Å². The number of rotatable bonds is 4. The molecule has 0 aliphatic carbocycles. The molecular weight excluding hydrogens is 254 g/mol. The minimum Gasteiger partial charge on any atom is -0.457 e. The quantitative estimate of drug-likeness (QED) is 0.928. The summed E-state index contributed by atoms with van der Waals surface area (Å²) in [6, 6.07) is 13.7. The monoisotopic (exact) mass is 271 g/mol. The van der Waals surface area contributed by atoms with Gasteiger partial charge in [-0.05, 0) is 43.2 Å². The Morgan fingerprint density at radius 1 is 1.05 bits per heavy atom. The Kier molecular flexibility index (Phi) is 3.48. The smallest absolute Gasteiger partial charge is 0.231 e. The van der Waals surface area contributed by atoms with E-state index in [0.717, 1.165) is 29.4 Å². The Balaban J connectivity index is 1.71. The fourth-order valence-electron chi connectivity index (χ4n) is 2.14. The maximum absolute atomic E-state index is 5.80. The molecule has 0 radical (unpaired) electrons. The maximum Gasteiger partial charge on any atom is 0.231 e. The molecule has 3 rings (SSSR count). The minimum atomic E-state index is 0.163. The highest BCUT2D eigenvalue weighted by molar-refractivity contribution is 5.48. The zero-order valence-corrected chi connectivity index (χ0v) is 11.3. The van der Waals surface area contributed by atoms with Crippen molar-refractivity contribution in [2.75, 3.05) is 6.79 Å². The van der Waals surface area contributed by atoms with Crippen LogP contribution in [0.15, 0.2) is 42.5 Å². The fraction of sp³-hybridized carbons (Fsp3) is 0.250. The summed E-state index contributed by atoms with van der Waals surface area (Å²) in [5, 5.41) is 0. The van der Waals surface area contributed by atoms with Crippen LogP contribution in [-0.4, -0.2) is 12.8 Å². The molecule has 2 aromatic carbocycles. The number of nitrogens with two attached hydrogens (primary N) is 1. The Labute approximate surface area is 118 Å². The van der Waals surface area contributed by atoms with E-state index in [2.05, 4.69) is 0 Å². The van der Waals surface area contributed by atoms with Gasteiger partial charge in [0.1, 0.15) is 11.5 Å². The van der Waals surface area contributed by atoms with E-state index in [-0.39, 0.29) is 12.8 Å². The van der Waals surface area contributed by atoms with Crippen LogP contribution in [0.1, 0.15) is 12.5 Å². The SMILES string of the molecule is CC(N)Cc1ccc(Oc2ccc3c(c2)OCO3)cc1. The van der Waals surface area contributed by atoms with Gasteiger partial charge in [0.2, 0.25) is 6.79 Å². The zero-order chi connectivity index (χ0) is 13.9. The molecule has 1 aliphatic heterocycles. The number of ether oxygens (including phenoxy) is 3. The maximum atomic E-state index is 5.80. The van der Waals surface area contributed by atoms with Crippen molar-refractivity contribution in [2.45, 2.75) is 19.4 Å². The second-order valence-electron chi connectivity index (χ2n) is 4.94. The van der Waals surface area contributed by atoms with Crippen LogP contribution in [0.3, 0.4) is 0 Å². The summed E-state index contributed by atoms with van der Waals surface area (Å²) < 4.78 is 16.4. The van der Waals surface area contributed by atoms with Crippen molar-refractivity contribution in [3.05, 3.63) is 48.0 Å². The van der Waals surface area contributed by atoms with Gasteiger partial charge in [-0.2, -0.15) is 0 Å². The second kappa shape index (κ2) is 5.43. The van der Waals surface area contributed by atoms with Gasteiger partial charge in [0.25, 0.3) is 0 Å². The summed E-state index contributed by atoms with van der Waals surface area (Å²) in [4.78, 5) is 0. The molecular formula is C16H17NO3. The summed E-state index contributed by atoms with van der Waals surface area (Å²) in [5.74, 6) is 2.99. The highest BCUT2D eigenvalue weighted by atomic mass is 16.7. The van der Waals surface area contributed by atoms with Gasteiger partial charge >= 0.3 is 0 Å². The first-order valence-electron chi connectivity index (χ1n) is 6.63. The van der Waals surface area contributed by atoms with Crippen molar-refractivity contribution >= 4 is 0 Å². The lowest BCUT2D eigenvalue weighted by Gasteiger charge is -2.08. The van der Waals surface area contributed by atoms with E-state index >= 15 is 0 Å². The summed E-state index contributed by atoms with van der Waals surface area (Å²) in [5.41, 5.74) is 6.99. The van der Waals surface area contributed by atoms with Gasteiger partial charge in [0.15, 0.2) is 11.5 Å². The molecule has 1 unspecified atom stereocenters. The lowest BCUT2D eigenvalue weighted by atomic mass is 10.1. The van der Waals surface area contributed by atoms with E-state index in [9.17, 15) is 0 Å². The third kappa shape index (κ3) is 2.86. The lowest BCUT2D eigenvalue weighted by Crippen LogP contribution is -2.17. The van der Waals surface area contributed by atoms with Crippen LogP contribution in [0.25, 0.3) is 0 Å². The molecule has 1 atom stereocenters. The molecule has 20 heavy (non-hydrogen) atoms. The number of benzene rings is 2. The predicted octanol–water partition coefficient (Wildman–Crippen LogP) is 3.10. The van der Waals surface area contributed by atoms with E-state index < -0.39 is 0 Å². The van der Waals surface area contributed by atoms with E-state index in [0.29, 0.717) is 0 Å². The number of fused-ring (bicyclic) bond motifs is 1. The van der Waals surface area contributed by atoms with Crippen LogP contribution in [0, 0.1) is 0 Å². The molecule has 0 saturated heterocycles. The molecule has 4 nitrogen and oxygen atoms in total. The van der Waals surface area contributed by atoms with Gasteiger partial charge in [-0.25, -0.2) is 0 Å². The van der Waals surface area contributed by atoms with Crippen molar-refractivity contribution in [3.8, 4) is 23.0 Å². The Bertz CT molecular complexity index is 593. The van der Waals surface area contributed by atoms with E-state index in [4.69, 9.17) is 19.9 Å². The normalized spacial score (nSPS) is 14.1. The average molecular weight is 271 g/mol. The third-order valence-corrected chi connectivity index (χ3v) is 3.06. The number of hydrogen-bond acceptors (Lipinski definition) is 4. The Morgan fingerprint density at radius 3 is 2.50 bits per heavy atom. The fourth-order valence-corrected chi connectivity index (χ4v) is 2.14. The van der Waals surface area contributed by atoms with Crippen molar-refractivity contribution in [1.82, 2.24) is 0 Å². The van der Waals surface area contributed by atoms with Crippen molar-refractivity contribution in [2.24, 2.45) is 5.73 Å². The standard InChI is InChI=1S/C16H17NO3/c1-11(17)8-12-2-4-13(5-3-12)20-14-6-7-15-16(9-14)19-10-18-15/h2-7,9,11H,8,10,17H2,1H3. The lowest BCUT2D eigenvalue weighted by molar-refractivity contribution is 0.174. The molecule has 0 fully saturated rings. The summed E-state index contributed by atoms with van der Waals surface area (Å²) in [6.45, 7) is 2.27. The molecule has 1 heterocycles. The molecule has 4 heteroatoms. The van der Waals surface area contributed by atoms with Gasteiger partial charge < -0.3 is 19.9 Å². The first kappa shape index (κ1) is 12.8. The van der Waals surface area contributed by atoms with E-state index in [1.165, 1.54) is 5.56 Å². The minimum absolute atomic E-state index is 0.163. The molecule has 2 N–H and O–H groups in total. The number of hydrogen-bond donors (Lipinski definition) is 1. The summed E-state index contributed by atoms with van der Waals surface area (Å²) >= 11 is 0. The Morgan fingerprint density at radius 2 is 1.75 bits per heavy atom. The largest absolute Gasteiger partial charge is 0.457 e. The third-order valence-electron chi connectivity index (χ3n) is 3.06.